The molecule has 4 aromatic rings. The van der Waals surface area contributed by atoms with Gasteiger partial charge in [0.05, 0.1) is 11.4 Å². The van der Waals surface area contributed by atoms with Crippen LogP contribution in [-0.4, -0.2) is 149 Å². The molecule has 0 bridgehead atoms. The number of benzene rings is 4. The highest BCUT2D eigenvalue weighted by atomic mass is 16.8. The Bertz CT molecular complexity index is 2560. The van der Waals surface area contributed by atoms with E-state index in [9.17, 15) is 38.4 Å². The van der Waals surface area contributed by atoms with Crippen LogP contribution in [0.2, 0.25) is 0 Å². The van der Waals surface area contributed by atoms with E-state index in [-0.39, 0.29) is 54.3 Å². The number of hydrogen-bond acceptors (Lipinski definition) is 16. The predicted molar refractivity (Wildman–Crippen MR) is 254 cm³/mol. The second-order valence-electron chi connectivity index (χ2n) is 16.9. The summed E-state index contributed by atoms with van der Waals surface area (Å²) in [5.74, 6) is -5.88. The molecule has 0 unspecified atom stereocenters. The molecule has 0 spiro atoms. The largest absolute Gasteiger partial charge is 0.444 e. The van der Waals surface area contributed by atoms with E-state index >= 15 is 0 Å². The lowest BCUT2D eigenvalue weighted by atomic mass is 9.99. The topological polar surface area (TPSA) is 249 Å². The zero-order chi connectivity index (χ0) is 49.3. The molecule has 0 saturated carbocycles. The molecule has 2 fully saturated rings. The van der Waals surface area contributed by atoms with Gasteiger partial charge in [0.15, 0.2) is 0 Å². The smallest absolute Gasteiger partial charge is 0.412 e. The van der Waals surface area contributed by atoms with Crippen molar-refractivity contribution in [1.82, 2.24) is 19.6 Å². The maximum atomic E-state index is 13.7. The molecular formula is C50H52N8O13. The van der Waals surface area contributed by atoms with Gasteiger partial charge >= 0.3 is 23.9 Å². The fourth-order valence-corrected chi connectivity index (χ4v) is 8.48. The summed E-state index contributed by atoms with van der Waals surface area (Å²) in [6.45, 7) is 7.12. The summed E-state index contributed by atoms with van der Waals surface area (Å²) in [7, 11) is 0. The SMILES string of the molecule is CC(=O)ON=C(CN1CCN(C(=O)c2ccc3c(c2)CCC(=O)N3OC(=O)C(=O)ON2C(=O)CCc3cc(C(=O)N4CCN(CC(=NOC(C)=O)c5ccccc5)CC4)ccc32)CC1)c1ccccc1.O. The van der Waals surface area contributed by atoms with Crippen molar-refractivity contribution in [2.75, 3.05) is 75.6 Å². The van der Waals surface area contributed by atoms with Gasteiger partial charge in [-0.1, -0.05) is 71.0 Å². The van der Waals surface area contributed by atoms with Crippen LogP contribution in [0.5, 0.6) is 0 Å². The van der Waals surface area contributed by atoms with Crippen LogP contribution < -0.4 is 10.1 Å². The third-order valence-corrected chi connectivity index (χ3v) is 12.1. The summed E-state index contributed by atoms with van der Waals surface area (Å²) >= 11 is 0. The number of nitrogens with zero attached hydrogens (tertiary/aromatic N) is 8. The van der Waals surface area contributed by atoms with E-state index in [0.717, 1.165) is 11.1 Å². The lowest BCUT2D eigenvalue weighted by molar-refractivity contribution is -0.172. The highest BCUT2D eigenvalue weighted by Gasteiger charge is 2.36. The molecule has 4 amide bonds. The number of rotatable bonds is 12. The Hall–Kier alpha value is -8.14. The normalized spacial score (nSPS) is 16.5. The molecule has 4 heterocycles. The minimum Gasteiger partial charge on any atom is -0.412 e. The minimum absolute atomic E-state index is 0. The van der Waals surface area contributed by atoms with Gasteiger partial charge in [-0.05, 0) is 60.4 Å². The molecule has 21 heteroatoms. The number of piperazine rings is 2. The average Bonchev–Trinajstić information content (AvgIpc) is 3.38. The zero-order valence-corrected chi connectivity index (χ0v) is 39.1. The van der Waals surface area contributed by atoms with Crippen LogP contribution in [-0.2, 0) is 61.0 Å². The van der Waals surface area contributed by atoms with E-state index in [1.807, 2.05) is 60.7 Å². The van der Waals surface area contributed by atoms with Crippen LogP contribution in [0.4, 0.5) is 11.4 Å². The number of amides is 4. The van der Waals surface area contributed by atoms with Crippen LogP contribution in [0.15, 0.2) is 107 Å². The van der Waals surface area contributed by atoms with E-state index in [1.54, 1.807) is 21.9 Å². The van der Waals surface area contributed by atoms with E-state index in [1.165, 1.54) is 38.1 Å². The molecule has 4 aliphatic rings. The first-order chi connectivity index (χ1) is 33.8. The Morgan fingerprint density at radius 2 is 0.845 bits per heavy atom. The summed E-state index contributed by atoms with van der Waals surface area (Å²) in [4.78, 5) is 131. The number of anilines is 2. The number of carbonyl (C=O) groups is 8. The molecule has 8 rings (SSSR count). The first-order valence-corrected chi connectivity index (χ1v) is 22.8. The molecule has 71 heavy (non-hydrogen) atoms. The van der Waals surface area contributed by atoms with Crippen molar-refractivity contribution >= 4 is 70.3 Å². The van der Waals surface area contributed by atoms with Gasteiger partial charge in [-0.3, -0.25) is 29.0 Å². The highest BCUT2D eigenvalue weighted by molar-refractivity contribution is 6.31. The van der Waals surface area contributed by atoms with Crippen LogP contribution in [0, 0.1) is 0 Å². The number of fused-ring (bicyclic) bond motifs is 2. The van der Waals surface area contributed by atoms with Crippen molar-refractivity contribution in [2.45, 2.75) is 39.5 Å². The van der Waals surface area contributed by atoms with Crippen molar-refractivity contribution in [3.05, 3.63) is 130 Å². The summed E-state index contributed by atoms with van der Waals surface area (Å²) in [5, 5.41) is 9.52. The number of carbonyl (C=O) groups excluding carboxylic acids is 8. The highest BCUT2D eigenvalue weighted by Crippen LogP contribution is 2.32. The number of hydrogen-bond donors (Lipinski definition) is 0. The molecule has 2 N–H and O–H groups in total. The van der Waals surface area contributed by atoms with Gasteiger partial charge in [-0.2, -0.15) is 0 Å². The Morgan fingerprint density at radius 3 is 1.20 bits per heavy atom. The fourth-order valence-electron chi connectivity index (χ4n) is 8.48. The molecule has 0 atom stereocenters. The van der Waals surface area contributed by atoms with Gasteiger partial charge in [0.2, 0.25) is 0 Å². The van der Waals surface area contributed by atoms with E-state index in [2.05, 4.69) is 20.1 Å². The van der Waals surface area contributed by atoms with E-state index in [0.29, 0.717) is 109 Å². The lowest BCUT2D eigenvalue weighted by Crippen LogP contribution is -2.50. The molecular weight excluding hydrogens is 921 g/mol. The third-order valence-electron chi connectivity index (χ3n) is 12.1. The van der Waals surface area contributed by atoms with Gasteiger partial charge in [0, 0.05) is 114 Å². The van der Waals surface area contributed by atoms with Crippen LogP contribution >= 0.6 is 0 Å². The molecule has 370 valence electrons. The molecule has 0 aliphatic carbocycles. The molecule has 2 saturated heterocycles. The standard InChI is InChI=1S/C50H50N8O12.H2O/c1-33(59)67-51-41(35-9-5-3-6-10-35)31-53-21-25-55(26-22-53)47(63)39-13-17-43-37(29-39)15-19-45(61)57(43)69-49(65)50(66)70-58-44-18-14-40(30-38(44)16-20-46(58)62)48(64)56-27-23-54(24-28-56)32-42(52-68-34(2)60)36-11-7-4-8-12-36;/h3-14,17-18,29-30H,15-16,19-28,31-32H2,1-2H3;1H2. The number of oxime groups is 2. The summed E-state index contributed by atoms with van der Waals surface area (Å²) in [6, 6.07) is 28.0. The van der Waals surface area contributed by atoms with Crippen molar-refractivity contribution in [3.8, 4) is 0 Å². The van der Waals surface area contributed by atoms with Gasteiger partial charge in [0.1, 0.15) is 11.4 Å². The first-order valence-electron chi connectivity index (χ1n) is 22.8. The van der Waals surface area contributed by atoms with Crippen molar-refractivity contribution in [1.29, 1.82) is 0 Å². The van der Waals surface area contributed by atoms with Crippen LogP contribution in [0.25, 0.3) is 0 Å². The molecule has 21 nitrogen and oxygen atoms in total. The fraction of sp³-hybridized carbons (Fsp3) is 0.320. The minimum atomic E-state index is -1.56. The van der Waals surface area contributed by atoms with Crippen molar-refractivity contribution in [3.63, 3.8) is 0 Å². The Balaban J connectivity index is 0.00000741. The van der Waals surface area contributed by atoms with E-state index < -0.39 is 35.7 Å². The first kappa shape index (κ1) is 50.7. The number of hydroxylamine groups is 2. The lowest BCUT2D eigenvalue weighted by Gasteiger charge is -2.35. The van der Waals surface area contributed by atoms with Gasteiger partial charge < -0.3 is 34.6 Å². The third kappa shape index (κ3) is 12.4. The second-order valence-corrected chi connectivity index (χ2v) is 16.9. The summed E-state index contributed by atoms with van der Waals surface area (Å²) < 4.78 is 0. The summed E-state index contributed by atoms with van der Waals surface area (Å²) in [6.07, 6.45) is 0.325. The Labute approximate surface area is 407 Å². The monoisotopic (exact) mass is 972 g/mol. The Kier molecular flexibility index (Phi) is 16.4. The average molecular weight is 973 g/mol. The number of aryl methyl sites for hydroxylation is 2. The quantitative estimate of drug-likeness (QED) is 0.0857. The molecule has 4 aromatic carbocycles. The summed E-state index contributed by atoms with van der Waals surface area (Å²) in [5.41, 5.74) is 4.92. The second kappa shape index (κ2) is 23.0. The molecule has 4 aliphatic heterocycles. The van der Waals surface area contributed by atoms with Crippen LogP contribution in [0.3, 0.4) is 0 Å². The van der Waals surface area contributed by atoms with E-state index in [4.69, 9.17) is 19.4 Å². The van der Waals surface area contributed by atoms with Crippen LogP contribution in [0.1, 0.15) is 69.7 Å². The van der Waals surface area contributed by atoms with Crippen molar-refractivity contribution in [2.24, 2.45) is 10.3 Å². The zero-order valence-electron chi connectivity index (χ0n) is 39.1. The van der Waals surface area contributed by atoms with Crippen molar-refractivity contribution < 1.29 is 63.2 Å². The van der Waals surface area contributed by atoms with Gasteiger partial charge in [0.25, 0.3) is 23.6 Å². The predicted octanol–water partition coefficient (Wildman–Crippen LogP) is 2.49. The van der Waals surface area contributed by atoms with Gasteiger partial charge in [-0.25, -0.2) is 19.2 Å². The maximum Gasteiger partial charge on any atom is 0.444 e. The Morgan fingerprint density at radius 1 is 0.479 bits per heavy atom. The van der Waals surface area contributed by atoms with Gasteiger partial charge in [-0.15, -0.1) is 10.1 Å². The molecule has 0 aromatic heterocycles. The molecule has 0 radical (unpaired) electrons. The maximum absolute atomic E-state index is 13.7.